The maximum atomic E-state index is 13.1. The fourth-order valence-electron chi connectivity index (χ4n) is 1.66. The largest absolute Gasteiger partial charge is 0.417 e. The summed E-state index contributed by atoms with van der Waals surface area (Å²) in [5.74, 6) is -1.48. The van der Waals surface area contributed by atoms with Crippen LogP contribution in [0.5, 0.6) is 0 Å². The van der Waals surface area contributed by atoms with Crippen LogP contribution in [0.3, 0.4) is 0 Å². The lowest BCUT2D eigenvalue weighted by Crippen LogP contribution is -2.07. The first kappa shape index (κ1) is 12.5. The molecule has 0 bridgehead atoms. The van der Waals surface area contributed by atoms with Crippen molar-refractivity contribution in [2.24, 2.45) is 0 Å². The van der Waals surface area contributed by atoms with E-state index in [1.165, 1.54) is 12.1 Å². The lowest BCUT2D eigenvalue weighted by Gasteiger charge is -2.13. The van der Waals surface area contributed by atoms with Crippen LogP contribution in [-0.4, -0.2) is 0 Å². The third-order valence-electron chi connectivity index (χ3n) is 2.42. The van der Waals surface area contributed by atoms with Gasteiger partial charge >= 0.3 is 6.18 Å². The molecule has 18 heavy (non-hydrogen) atoms. The van der Waals surface area contributed by atoms with Crippen molar-refractivity contribution in [3.63, 3.8) is 0 Å². The third-order valence-corrected chi connectivity index (χ3v) is 2.42. The molecule has 0 aliphatic rings. The summed E-state index contributed by atoms with van der Waals surface area (Å²) in [6.07, 6.45) is -4.62. The van der Waals surface area contributed by atoms with E-state index in [0.717, 1.165) is 24.3 Å². The van der Waals surface area contributed by atoms with Crippen LogP contribution in [0.25, 0.3) is 11.1 Å². The highest BCUT2D eigenvalue weighted by Gasteiger charge is 2.33. The molecule has 0 aliphatic carbocycles. The van der Waals surface area contributed by atoms with Crippen molar-refractivity contribution in [2.75, 3.05) is 0 Å². The van der Waals surface area contributed by atoms with Gasteiger partial charge < -0.3 is 0 Å². The SMILES string of the molecule is Fc1cccc(-c2cc(F)ccc2C(F)(F)F)c1. The molecule has 0 N–H and O–H groups in total. The van der Waals surface area contributed by atoms with Crippen molar-refractivity contribution < 1.29 is 22.0 Å². The molecule has 0 saturated heterocycles. The van der Waals surface area contributed by atoms with Crippen LogP contribution in [0.1, 0.15) is 5.56 Å². The van der Waals surface area contributed by atoms with Gasteiger partial charge in [0.25, 0.3) is 0 Å². The molecule has 2 aromatic rings. The Balaban J connectivity index is 2.66. The predicted octanol–water partition coefficient (Wildman–Crippen LogP) is 4.65. The number of halogens is 5. The molecule has 0 radical (unpaired) electrons. The molecule has 0 fully saturated rings. The molecule has 2 rings (SSSR count). The molecule has 0 spiro atoms. The summed E-state index contributed by atoms with van der Waals surface area (Å²) in [6, 6.07) is 6.74. The first-order valence-corrected chi connectivity index (χ1v) is 5.00. The van der Waals surface area contributed by atoms with Crippen molar-refractivity contribution in [1.29, 1.82) is 0 Å². The quantitative estimate of drug-likeness (QED) is 0.653. The van der Waals surface area contributed by atoms with Gasteiger partial charge in [-0.2, -0.15) is 13.2 Å². The van der Waals surface area contributed by atoms with Crippen molar-refractivity contribution in [3.8, 4) is 11.1 Å². The first-order valence-electron chi connectivity index (χ1n) is 5.00. The summed E-state index contributed by atoms with van der Waals surface area (Å²) >= 11 is 0. The minimum atomic E-state index is -4.62. The Morgan fingerprint density at radius 1 is 0.778 bits per heavy atom. The number of hydrogen-bond donors (Lipinski definition) is 0. The van der Waals surface area contributed by atoms with Crippen molar-refractivity contribution in [2.45, 2.75) is 6.18 Å². The van der Waals surface area contributed by atoms with Gasteiger partial charge in [0, 0.05) is 0 Å². The number of rotatable bonds is 1. The van der Waals surface area contributed by atoms with Crippen LogP contribution >= 0.6 is 0 Å². The highest BCUT2D eigenvalue weighted by Crippen LogP contribution is 2.37. The molecule has 0 nitrogen and oxygen atoms in total. The Morgan fingerprint density at radius 3 is 2.06 bits per heavy atom. The predicted molar refractivity (Wildman–Crippen MR) is 56.8 cm³/mol. The van der Waals surface area contributed by atoms with Gasteiger partial charge in [-0.25, -0.2) is 8.78 Å². The van der Waals surface area contributed by atoms with E-state index in [0.29, 0.717) is 6.07 Å². The van der Waals surface area contributed by atoms with Gasteiger partial charge in [-0.15, -0.1) is 0 Å². The van der Waals surface area contributed by atoms with Crippen LogP contribution in [0.2, 0.25) is 0 Å². The minimum absolute atomic E-state index is 0.0122. The third kappa shape index (κ3) is 2.50. The molecule has 0 atom stereocenters. The topological polar surface area (TPSA) is 0 Å². The van der Waals surface area contributed by atoms with Crippen LogP contribution < -0.4 is 0 Å². The second kappa shape index (κ2) is 4.40. The highest BCUT2D eigenvalue weighted by atomic mass is 19.4. The summed E-state index contributed by atoms with van der Waals surface area (Å²) in [4.78, 5) is 0. The monoisotopic (exact) mass is 258 g/mol. The molecule has 2 aromatic carbocycles. The Labute approximate surface area is 99.7 Å². The normalized spacial score (nSPS) is 11.6. The smallest absolute Gasteiger partial charge is 0.207 e. The molecule has 0 aromatic heterocycles. The van der Waals surface area contributed by atoms with Crippen molar-refractivity contribution in [3.05, 3.63) is 59.7 Å². The van der Waals surface area contributed by atoms with Crippen LogP contribution in [0, 0.1) is 11.6 Å². The van der Waals surface area contributed by atoms with E-state index in [1.807, 2.05) is 0 Å². The molecule has 0 aliphatic heterocycles. The van der Waals surface area contributed by atoms with Gasteiger partial charge in [0.1, 0.15) is 11.6 Å². The van der Waals surface area contributed by atoms with Gasteiger partial charge in [0.05, 0.1) is 5.56 Å². The van der Waals surface area contributed by atoms with Crippen LogP contribution in [0.4, 0.5) is 22.0 Å². The average Bonchev–Trinajstić information content (AvgIpc) is 2.27. The van der Waals surface area contributed by atoms with Crippen LogP contribution in [0.15, 0.2) is 42.5 Å². The minimum Gasteiger partial charge on any atom is -0.207 e. The van der Waals surface area contributed by atoms with E-state index in [4.69, 9.17) is 0 Å². The van der Waals surface area contributed by atoms with E-state index in [2.05, 4.69) is 0 Å². The Morgan fingerprint density at radius 2 is 1.44 bits per heavy atom. The summed E-state index contributed by atoms with van der Waals surface area (Å²) < 4.78 is 64.3. The van der Waals surface area contributed by atoms with Gasteiger partial charge in [0.2, 0.25) is 0 Å². The summed E-state index contributed by atoms with van der Waals surface area (Å²) in [5.41, 5.74) is -1.38. The van der Waals surface area contributed by atoms with E-state index in [9.17, 15) is 22.0 Å². The summed E-state index contributed by atoms with van der Waals surface area (Å²) in [6.45, 7) is 0. The van der Waals surface area contributed by atoms with E-state index < -0.39 is 23.4 Å². The molecule has 94 valence electrons. The van der Waals surface area contributed by atoms with Crippen LogP contribution in [-0.2, 0) is 6.18 Å². The summed E-state index contributed by atoms with van der Waals surface area (Å²) in [7, 11) is 0. The van der Waals surface area contributed by atoms with Gasteiger partial charge in [-0.3, -0.25) is 0 Å². The first-order chi connectivity index (χ1) is 8.38. The van der Waals surface area contributed by atoms with E-state index >= 15 is 0 Å². The number of hydrogen-bond acceptors (Lipinski definition) is 0. The van der Waals surface area contributed by atoms with Crippen molar-refractivity contribution >= 4 is 0 Å². The number of alkyl halides is 3. The lowest BCUT2D eigenvalue weighted by atomic mass is 9.99. The molecule has 0 amide bonds. The fraction of sp³-hybridized carbons (Fsp3) is 0.0769. The molecule has 5 heteroatoms. The van der Waals surface area contributed by atoms with Gasteiger partial charge in [-0.05, 0) is 41.5 Å². The Kier molecular flexibility index (Phi) is 3.07. The average molecular weight is 258 g/mol. The van der Waals surface area contributed by atoms with Crippen molar-refractivity contribution in [1.82, 2.24) is 0 Å². The van der Waals surface area contributed by atoms with Gasteiger partial charge in [-0.1, -0.05) is 12.1 Å². The summed E-state index contributed by atoms with van der Waals surface area (Å²) in [5, 5.41) is 0. The lowest BCUT2D eigenvalue weighted by molar-refractivity contribution is -0.137. The molecular formula is C13H7F5. The highest BCUT2D eigenvalue weighted by molar-refractivity contribution is 5.68. The molecule has 0 heterocycles. The standard InChI is InChI=1S/C13H7F5/c14-9-3-1-2-8(6-9)11-7-10(15)4-5-12(11)13(16,17)18/h1-7H. The zero-order valence-electron chi connectivity index (χ0n) is 8.93. The maximum Gasteiger partial charge on any atom is 0.417 e. The van der Waals surface area contributed by atoms with E-state index in [-0.39, 0.29) is 11.1 Å². The Bertz CT molecular complexity index is 572. The molecule has 0 unspecified atom stereocenters. The molecular weight excluding hydrogens is 251 g/mol. The zero-order valence-corrected chi connectivity index (χ0v) is 8.93. The van der Waals surface area contributed by atoms with Gasteiger partial charge in [0.15, 0.2) is 0 Å². The second-order valence-corrected chi connectivity index (χ2v) is 3.70. The maximum absolute atomic E-state index is 13.1. The second-order valence-electron chi connectivity index (χ2n) is 3.70. The molecule has 0 saturated carbocycles. The fourth-order valence-corrected chi connectivity index (χ4v) is 1.66. The Hall–Kier alpha value is -1.91. The van der Waals surface area contributed by atoms with E-state index in [1.54, 1.807) is 0 Å². The number of benzene rings is 2. The zero-order chi connectivity index (χ0) is 13.3.